The summed E-state index contributed by atoms with van der Waals surface area (Å²) in [5, 5.41) is 13.4. The molecule has 0 aliphatic rings. The number of rotatable bonds is 10. The number of carbonyl (C=O) groups excluding carboxylic acids is 2. The van der Waals surface area contributed by atoms with E-state index in [1.165, 1.54) is 38.5 Å². The zero-order chi connectivity index (χ0) is 27.1. The zero-order valence-electron chi connectivity index (χ0n) is 21.1. The van der Waals surface area contributed by atoms with Crippen molar-refractivity contribution < 1.29 is 23.5 Å². The summed E-state index contributed by atoms with van der Waals surface area (Å²) in [5.41, 5.74) is 9.09. The van der Waals surface area contributed by atoms with Crippen LogP contribution in [0.5, 0.6) is 11.5 Å². The Bertz CT molecular complexity index is 1290. The number of nitrogen functional groups attached to an aromatic ring is 1. The first-order valence-electron chi connectivity index (χ1n) is 11.4. The second-order valence-electron chi connectivity index (χ2n) is 8.36. The number of nitrogens with two attached hydrogens (primary N) is 1. The smallest absolute Gasteiger partial charge is 0.251 e. The largest absolute Gasteiger partial charge is 0.496 e. The molecule has 0 radical (unpaired) electrons. The average molecular weight is 508 g/mol. The van der Waals surface area contributed by atoms with Crippen molar-refractivity contribution in [1.82, 2.24) is 5.32 Å². The quantitative estimate of drug-likeness (QED) is 0.246. The van der Waals surface area contributed by atoms with Gasteiger partial charge in [-0.15, -0.1) is 0 Å². The molecule has 0 fully saturated rings. The lowest BCUT2D eigenvalue weighted by atomic mass is 10.1. The zero-order valence-corrected chi connectivity index (χ0v) is 21.1. The van der Waals surface area contributed by atoms with E-state index in [0.29, 0.717) is 39.6 Å². The van der Waals surface area contributed by atoms with Crippen LogP contribution in [-0.2, 0) is 11.3 Å². The van der Waals surface area contributed by atoms with Crippen LogP contribution in [0.1, 0.15) is 27.0 Å². The van der Waals surface area contributed by atoms with Crippen LogP contribution in [-0.4, -0.2) is 45.5 Å². The Labute approximate surface area is 214 Å². The van der Waals surface area contributed by atoms with Crippen molar-refractivity contribution in [3.63, 3.8) is 0 Å². The number of hydrogen-bond acceptors (Lipinski definition) is 6. The standard InChI is InChI=1S/C27H30FN5O4/c1-16-23(36-3)12-19(13-24(16)37-4)27(35)31-14-18-6-5-17(26(29)30)11-22(18)33(2)15-25(34)32-21-9-7-20(28)8-10-21/h5-13H,14-15H2,1-4H3,(H3,29,30)(H,31,35)(H,32,34). The Morgan fingerprint density at radius 1 is 1.00 bits per heavy atom. The molecule has 3 aromatic rings. The lowest BCUT2D eigenvalue weighted by Crippen LogP contribution is -2.32. The minimum absolute atomic E-state index is 0.0357. The van der Waals surface area contributed by atoms with Crippen LogP contribution in [0.15, 0.2) is 54.6 Å². The molecular formula is C27H30FN5O4. The topological polar surface area (TPSA) is 130 Å². The van der Waals surface area contributed by atoms with Gasteiger partial charge in [0.05, 0.1) is 20.8 Å². The molecule has 2 amide bonds. The first kappa shape index (κ1) is 27.0. The molecule has 0 saturated carbocycles. The summed E-state index contributed by atoms with van der Waals surface area (Å²) in [6, 6.07) is 13.9. The molecule has 0 heterocycles. The number of hydrogen-bond donors (Lipinski definition) is 4. The Morgan fingerprint density at radius 2 is 1.62 bits per heavy atom. The van der Waals surface area contributed by atoms with Gasteiger partial charge in [0, 0.05) is 41.7 Å². The summed E-state index contributed by atoms with van der Waals surface area (Å²) in [5.74, 6) is -0.123. The fourth-order valence-corrected chi connectivity index (χ4v) is 3.77. The van der Waals surface area contributed by atoms with E-state index in [1.807, 2.05) is 6.92 Å². The molecule has 0 aromatic heterocycles. The van der Waals surface area contributed by atoms with Gasteiger partial charge in [-0.1, -0.05) is 12.1 Å². The van der Waals surface area contributed by atoms with Gasteiger partial charge in [0.2, 0.25) is 5.91 Å². The number of likely N-dealkylation sites (N-methyl/N-ethyl adjacent to an activating group) is 1. The summed E-state index contributed by atoms with van der Waals surface area (Å²) < 4.78 is 23.9. The number of ether oxygens (including phenoxy) is 2. The van der Waals surface area contributed by atoms with Crippen LogP contribution in [0.2, 0.25) is 0 Å². The van der Waals surface area contributed by atoms with Gasteiger partial charge < -0.3 is 30.7 Å². The number of halogens is 1. The average Bonchev–Trinajstić information content (AvgIpc) is 2.88. The van der Waals surface area contributed by atoms with E-state index in [2.05, 4.69) is 10.6 Å². The molecule has 0 bridgehead atoms. The number of methoxy groups -OCH3 is 2. The number of carbonyl (C=O) groups is 2. The number of amidine groups is 1. The lowest BCUT2D eigenvalue weighted by Gasteiger charge is -2.23. The van der Waals surface area contributed by atoms with Gasteiger partial charge in [-0.05, 0) is 55.0 Å². The van der Waals surface area contributed by atoms with Crippen molar-refractivity contribution in [3.8, 4) is 11.5 Å². The summed E-state index contributed by atoms with van der Waals surface area (Å²) in [7, 11) is 4.76. The number of amides is 2. The second kappa shape index (κ2) is 11.9. The molecule has 9 nitrogen and oxygen atoms in total. The van der Waals surface area contributed by atoms with Crippen LogP contribution in [0.25, 0.3) is 0 Å². The lowest BCUT2D eigenvalue weighted by molar-refractivity contribution is -0.114. The third-order valence-electron chi connectivity index (χ3n) is 5.77. The van der Waals surface area contributed by atoms with Gasteiger partial charge >= 0.3 is 0 Å². The predicted octanol–water partition coefficient (Wildman–Crippen LogP) is 3.44. The molecule has 5 N–H and O–H groups in total. The molecule has 0 atom stereocenters. The highest BCUT2D eigenvalue weighted by Gasteiger charge is 2.17. The van der Waals surface area contributed by atoms with Crippen LogP contribution in [0, 0.1) is 18.2 Å². The van der Waals surface area contributed by atoms with E-state index in [9.17, 15) is 14.0 Å². The normalized spacial score (nSPS) is 10.4. The van der Waals surface area contributed by atoms with Gasteiger partial charge in [-0.25, -0.2) is 4.39 Å². The van der Waals surface area contributed by atoms with Crippen molar-refractivity contribution >= 4 is 29.0 Å². The first-order chi connectivity index (χ1) is 17.6. The molecule has 0 spiro atoms. The van der Waals surface area contributed by atoms with Gasteiger partial charge in [0.15, 0.2) is 0 Å². The molecule has 0 unspecified atom stereocenters. The minimum Gasteiger partial charge on any atom is -0.496 e. The second-order valence-corrected chi connectivity index (χ2v) is 8.36. The number of benzene rings is 3. The molecule has 0 aliphatic carbocycles. The maximum atomic E-state index is 13.1. The van der Waals surface area contributed by atoms with Gasteiger partial charge in [0.25, 0.3) is 5.91 Å². The van der Waals surface area contributed by atoms with E-state index in [-0.39, 0.29) is 30.7 Å². The maximum Gasteiger partial charge on any atom is 0.251 e. The van der Waals surface area contributed by atoms with Crippen molar-refractivity contribution in [2.24, 2.45) is 5.73 Å². The molecule has 0 aliphatic heterocycles. The van der Waals surface area contributed by atoms with Crippen molar-refractivity contribution in [2.45, 2.75) is 13.5 Å². The number of nitrogens with zero attached hydrogens (tertiary/aromatic N) is 1. The van der Waals surface area contributed by atoms with Gasteiger partial charge in [-0.2, -0.15) is 0 Å². The first-order valence-corrected chi connectivity index (χ1v) is 11.4. The van der Waals surface area contributed by atoms with E-state index >= 15 is 0 Å². The minimum atomic E-state index is -0.398. The van der Waals surface area contributed by atoms with E-state index in [0.717, 1.165) is 5.56 Å². The summed E-state index contributed by atoms with van der Waals surface area (Å²) in [6.45, 7) is 1.95. The molecule has 3 aromatic carbocycles. The summed E-state index contributed by atoms with van der Waals surface area (Å²) in [6.07, 6.45) is 0. The molecular weight excluding hydrogens is 477 g/mol. The van der Waals surface area contributed by atoms with Crippen LogP contribution >= 0.6 is 0 Å². The van der Waals surface area contributed by atoms with Crippen molar-refractivity contribution in [1.29, 1.82) is 5.41 Å². The van der Waals surface area contributed by atoms with Gasteiger partial charge in [-0.3, -0.25) is 15.0 Å². The van der Waals surface area contributed by atoms with E-state index < -0.39 is 5.82 Å². The fourth-order valence-electron chi connectivity index (χ4n) is 3.77. The summed E-state index contributed by atoms with van der Waals surface area (Å²) >= 11 is 0. The highest BCUT2D eigenvalue weighted by atomic mass is 19.1. The molecule has 37 heavy (non-hydrogen) atoms. The van der Waals surface area contributed by atoms with Crippen LogP contribution in [0.4, 0.5) is 15.8 Å². The van der Waals surface area contributed by atoms with Crippen molar-refractivity contribution in [3.05, 3.63) is 82.7 Å². The third kappa shape index (κ3) is 6.75. The highest BCUT2D eigenvalue weighted by molar-refractivity contribution is 5.98. The number of anilines is 2. The van der Waals surface area contributed by atoms with E-state index in [1.54, 1.807) is 42.3 Å². The monoisotopic (exact) mass is 507 g/mol. The van der Waals surface area contributed by atoms with Crippen LogP contribution < -0.4 is 30.7 Å². The summed E-state index contributed by atoms with van der Waals surface area (Å²) in [4.78, 5) is 27.2. The Balaban J connectivity index is 1.78. The Morgan fingerprint density at radius 3 is 2.19 bits per heavy atom. The van der Waals surface area contributed by atoms with Gasteiger partial charge in [0.1, 0.15) is 23.2 Å². The van der Waals surface area contributed by atoms with Crippen LogP contribution in [0.3, 0.4) is 0 Å². The SMILES string of the molecule is COc1cc(C(=O)NCc2ccc(C(=N)N)cc2N(C)CC(=O)Nc2ccc(F)cc2)cc(OC)c1C. The highest BCUT2D eigenvalue weighted by Crippen LogP contribution is 2.29. The molecule has 0 saturated heterocycles. The Hall–Kier alpha value is -4.60. The maximum absolute atomic E-state index is 13.1. The number of nitrogens with one attached hydrogen (secondary N) is 3. The molecule has 10 heteroatoms. The molecule has 194 valence electrons. The van der Waals surface area contributed by atoms with Crippen molar-refractivity contribution in [2.75, 3.05) is 38.0 Å². The van der Waals surface area contributed by atoms with E-state index in [4.69, 9.17) is 20.6 Å². The molecule has 3 rings (SSSR count). The fraction of sp³-hybridized carbons (Fsp3) is 0.222. The third-order valence-corrected chi connectivity index (χ3v) is 5.77. The predicted molar refractivity (Wildman–Crippen MR) is 141 cm³/mol. The Kier molecular flexibility index (Phi) is 8.68.